The second-order valence-electron chi connectivity index (χ2n) is 3.69. The smallest absolute Gasteiger partial charge is 0.205 e. The number of nitrogens with zero attached hydrogens (tertiary/aromatic N) is 4. The summed E-state index contributed by atoms with van der Waals surface area (Å²) in [7, 11) is 0. The molecule has 0 aromatic carbocycles. The standard InChI is InChI=1S/C14H14N6S/c1-2-5-18-14(20-11-16)19-7-8-21-10-13-12(9-15)4-3-6-17-13/h1,3-4,6H,5,7-8,10H2,(H2,18,19,20). The van der Waals surface area contributed by atoms with Gasteiger partial charge in [-0.1, -0.05) is 5.92 Å². The van der Waals surface area contributed by atoms with Gasteiger partial charge >= 0.3 is 0 Å². The Balaban J connectivity index is 2.38. The van der Waals surface area contributed by atoms with Crippen molar-refractivity contribution in [2.24, 2.45) is 4.99 Å². The van der Waals surface area contributed by atoms with Crippen LogP contribution in [0.25, 0.3) is 0 Å². The summed E-state index contributed by atoms with van der Waals surface area (Å²) in [5.41, 5.74) is 1.37. The van der Waals surface area contributed by atoms with Gasteiger partial charge in [0.1, 0.15) is 6.07 Å². The Morgan fingerprint density at radius 1 is 1.48 bits per heavy atom. The van der Waals surface area contributed by atoms with Gasteiger partial charge in [0.2, 0.25) is 5.96 Å². The summed E-state index contributed by atoms with van der Waals surface area (Å²) >= 11 is 1.62. The van der Waals surface area contributed by atoms with Gasteiger partial charge in [-0.2, -0.15) is 22.3 Å². The molecule has 1 aromatic heterocycles. The average Bonchev–Trinajstić information content (AvgIpc) is 2.52. The van der Waals surface area contributed by atoms with Crippen LogP contribution < -0.4 is 10.6 Å². The minimum absolute atomic E-state index is 0.306. The summed E-state index contributed by atoms with van der Waals surface area (Å²) in [6.45, 7) is 0.834. The highest BCUT2D eigenvalue weighted by atomic mass is 32.2. The van der Waals surface area contributed by atoms with Crippen LogP contribution in [0, 0.1) is 35.1 Å². The number of rotatable bonds is 6. The van der Waals surface area contributed by atoms with Gasteiger partial charge in [0, 0.05) is 17.7 Å². The van der Waals surface area contributed by atoms with Crippen LogP contribution in [0.1, 0.15) is 11.3 Å². The molecule has 0 amide bonds. The number of guanidine groups is 1. The molecule has 1 rings (SSSR count). The molecule has 7 heteroatoms. The summed E-state index contributed by atoms with van der Waals surface area (Å²) in [4.78, 5) is 8.38. The first-order chi connectivity index (χ1) is 10.3. The van der Waals surface area contributed by atoms with E-state index in [0.717, 1.165) is 11.4 Å². The molecule has 0 saturated carbocycles. The van der Waals surface area contributed by atoms with Crippen LogP contribution in [0.2, 0.25) is 0 Å². The van der Waals surface area contributed by atoms with Crippen LogP contribution in [0.4, 0.5) is 0 Å². The normalized spacial score (nSPS) is 10.0. The highest BCUT2D eigenvalue weighted by molar-refractivity contribution is 7.98. The van der Waals surface area contributed by atoms with Gasteiger partial charge in [-0.3, -0.25) is 15.3 Å². The molecule has 0 bridgehead atoms. The summed E-state index contributed by atoms with van der Waals surface area (Å²) in [6.07, 6.45) is 8.59. The van der Waals surface area contributed by atoms with Crippen molar-refractivity contribution in [3.05, 3.63) is 29.6 Å². The zero-order chi connectivity index (χ0) is 15.3. The van der Waals surface area contributed by atoms with Gasteiger partial charge in [-0.25, -0.2) is 0 Å². The minimum atomic E-state index is 0.306. The van der Waals surface area contributed by atoms with E-state index in [1.54, 1.807) is 36.3 Å². The fourth-order valence-corrected chi connectivity index (χ4v) is 2.16. The number of aliphatic imine (C=N–C) groups is 1. The van der Waals surface area contributed by atoms with E-state index in [0.29, 0.717) is 30.4 Å². The second kappa shape index (κ2) is 10.1. The first-order valence-electron chi connectivity index (χ1n) is 6.10. The predicted octanol–water partition coefficient (Wildman–Crippen LogP) is 0.836. The van der Waals surface area contributed by atoms with E-state index >= 15 is 0 Å². The van der Waals surface area contributed by atoms with Crippen molar-refractivity contribution in [2.75, 3.05) is 18.8 Å². The third kappa shape index (κ3) is 6.33. The summed E-state index contributed by atoms with van der Waals surface area (Å²) in [5.74, 6) is 4.17. The summed E-state index contributed by atoms with van der Waals surface area (Å²) < 4.78 is 0. The molecule has 0 atom stereocenters. The van der Waals surface area contributed by atoms with E-state index in [1.807, 2.05) is 0 Å². The van der Waals surface area contributed by atoms with Crippen LogP contribution in [-0.2, 0) is 5.75 Å². The Bertz CT molecular complexity index is 605. The Morgan fingerprint density at radius 3 is 3.05 bits per heavy atom. The molecule has 106 valence electrons. The minimum Gasteiger partial charge on any atom is -0.345 e. The fraction of sp³-hybridized carbons (Fsp3) is 0.286. The Hall–Kier alpha value is -2.69. The lowest BCUT2D eigenvalue weighted by Crippen LogP contribution is -2.34. The maximum absolute atomic E-state index is 8.95. The Kier molecular flexibility index (Phi) is 7.90. The average molecular weight is 298 g/mol. The number of hydrogen-bond donors (Lipinski definition) is 2. The van der Waals surface area contributed by atoms with E-state index in [4.69, 9.17) is 16.9 Å². The highest BCUT2D eigenvalue weighted by Gasteiger charge is 2.02. The fourth-order valence-electron chi connectivity index (χ4n) is 1.37. The van der Waals surface area contributed by atoms with Crippen LogP contribution in [0.5, 0.6) is 0 Å². The SMILES string of the molecule is C#CCN/C(=N/CCSCc1ncccc1C#N)NC#N. The van der Waals surface area contributed by atoms with E-state index in [-0.39, 0.29) is 0 Å². The van der Waals surface area contributed by atoms with Gasteiger partial charge in [-0.15, -0.1) is 6.42 Å². The molecule has 0 aliphatic heterocycles. The molecule has 1 heterocycles. The number of thioether (sulfide) groups is 1. The summed E-state index contributed by atoms with van der Waals surface area (Å²) in [5, 5.41) is 22.8. The van der Waals surface area contributed by atoms with Crippen LogP contribution in [0.3, 0.4) is 0 Å². The van der Waals surface area contributed by atoms with Crippen molar-refractivity contribution < 1.29 is 0 Å². The zero-order valence-electron chi connectivity index (χ0n) is 11.3. The van der Waals surface area contributed by atoms with Crippen LogP contribution >= 0.6 is 11.8 Å². The molecule has 6 nitrogen and oxygen atoms in total. The number of terminal acetylenes is 1. The van der Waals surface area contributed by atoms with E-state index in [9.17, 15) is 0 Å². The van der Waals surface area contributed by atoms with Crippen molar-refractivity contribution >= 4 is 17.7 Å². The monoisotopic (exact) mass is 298 g/mol. The number of nitriles is 2. The maximum atomic E-state index is 8.95. The maximum Gasteiger partial charge on any atom is 0.205 e. The van der Waals surface area contributed by atoms with E-state index in [1.165, 1.54) is 0 Å². The third-order valence-electron chi connectivity index (χ3n) is 2.29. The second-order valence-corrected chi connectivity index (χ2v) is 4.79. The predicted molar refractivity (Wildman–Crippen MR) is 83.0 cm³/mol. The van der Waals surface area contributed by atoms with Crippen LogP contribution in [0.15, 0.2) is 23.3 Å². The van der Waals surface area contributed by atoms with E-state index < -0.39 is 0 Å². The number of hydrogen-bond acceptors (Lipinski definition) is 5. The molecule has 21 heavy (non-hydrogen) atoms. The lowest BCUT2D eigenvalue weighted by molar-refractivity contribution is 0.967. The molecule has 0 unspecified atom stereocenters. The van der Waals surface area contributed by atoms with Gasteiger partial charge in [0.25, 0.3) is 0 Å². The van der Waals surface area contributed by atoms with Crippen molar-refractivity contribution in [1.29, 1.82) is 10.5 Å². The molecule has 2 N–H and O–H groups in total. The van der Waals surface area contributed by atoms with Gasteiger partial charge in [0.05, 0.1) is 24.3 Å². The molecule has 0 aliphatic carbocycles. The van der Waals surface area contributed by atoms with E-state index in [2.05, 4.69) is 32.6 Å². The first-order valence-corrected chi connectivity index (χ1v) is 7.26. The largest absolute Gasteiger partial charge is 0.345 e. The number of pyridine rings is 1. The number of aromatic nitrogens is 1. The highest BCUT2D eigenvalue weighted by Crippen LogP contribution is 2.13. The zero-order valence-corrected chi connectivity index (χ0v) is 12.2. The van der Waals surface area contributed by atoms with Crippen molar-refractivity contribution in [2.45, 2.75) is 5.75 Å². The van der Waals surface area contributed by atoms with Crippen LogP contribution in [-0.4, -0.2) is 29.8 Å². The molecular weight excluding hydrogens is 284 g/mol. The lowest BCUT2D eigenvalue weighted by Gasteiger charge is -2.05. The quantitative estimate of drug-likeness (QED) is 0.202. The first kappa shape index (κ1) is 16.4. The molecule has 0 saturated heterocycles. The molecular formula is C14H14N6S. The lowest BCUT2D eigenvalue weighted by atomic mass is 10.2. The molecule has 0 aliphatic rings. The number of nitrogens with one attached hydrogen (secondary N) is 2. The molecule has 1 aromatic rings. The van der Waals surface area contributed by atoms with Gasteiger partial charge in [-0.05, 0) is 12.1 Å². The Morgan fingerprint density at radius 2 is 2.33 bits per heavy atom. The topological polar surface area (TPSA) is 96.9 Å². The summed E-state index contributed by atoms with van der Waals surface area (Å²) in [6, 6.07) is 5.61. The molecule has 0 fully saturated rings. The van der Waals surface area contributed by atoms with Crippen molar-refractivity contribution in [3.63, 3.8) is 0 Å². The molecule has 0 spiro atoms. The van der Waals surface area contributed by atoms with Gasteiger partial charge in [0.15, 0.2) is 6.19 Å². The molecule has 0 radical (unpaired) electrons. The third-order valence-corrected chi connectivity index (χ3v) is 3.24. The Labute approximate surface area is 128 Å². The van der Waals surface area contributed by atoms with Crippen molar-refractivity contribution in [3.8, 4) is 24.6 Å². The van der Waals surface area contributed by atoms with Crippen molar-refractivity contribution in [1.82, 2.24) is 15.6 Å². The van der Waals surface area contributed by atoms with Gasteiger partial charge < -0.3 is 5.32 Å².